The molecule has 1 aliphatic rings. The summed E-state index contributed by atoms with van der Waals surface area (Å²) in [4.78, 5) is 1.99. The molecule has 0 aliphatic carbocycles. The van der Waals surface area contributed by atoms with Crippen molar-refractivity contribution in [2.75, 3.05) is 23.4 Å². The lowest BCUT2D eigenvalue weighted by Gasteiger charge is -2.38. The molecule has 1 N–H and O–H groups in total. The number of hydrogen-bond acceptors (Lipinski definition) is 3. The highest BCUT2D eigenvalue weighted by atomic mass is 32.2. The Morgan fingerprint density at radius 3 is 2.48 bits per heavy atom. The van der Waals surface area contributed by atoms with Crippen LogP contribution in [-0.2, 0) is 9.84 Å². The van der Waals surface area contributed by atoms with Gasteiger partial charge in [-0.05, 0) is 51.5 Å². The predicted octanol–water partition coefficient (Wildman–Crippen LogP) is 2.59. The van der Waals surface area contributed by atoms with Crippen LogP contribution in [-0.4, -0.2) is 42.0 Å². The van der Waals surface area contributed by atoms with Gasteiger partial charge in [-0.15, -0.1) is 0 Å². The van der Waals surface area contributed by atoms with Crippen LogP contribution in [0.1, 0.15) is 25.8 Å². The van der Waals surface area contributed by atoms with E-state index in [2.05, 4.69) is 5.32 Å². The zero-order valence-corrected chi connectivity index (χ0v) is 14.4. The first-order valence-electron chi connectivity index (χ1n) is 7.11. The quantitative estimate of drug-likeness (QED) is 0.865. The summed E-state index contributed by atoms with van der Waals surface area (Å²) in [5, 5.41) is 3.80. The maximum atomic E-state index is 11.8. The van der Waals surface area contributed by atoms with Crippen molar-refractivity contribution in [3.8, 4) is 0 Å². The highest BCUT2D eigenvalue weighted by molar-refractivity contribution is 7.91. The highest BCUT2D eigenvalue weighted by Crippen LogP contribution is 2.30. The largest absolute Gasteiger partial charge is 0.343 e. The Morgan fingerprint density at radius 2 is 2.00 bits per heavy atom. The third kappa shape index (κ3) is 3.74. The Labute approximate surface area is 132 Å². The number of nitrogens with one attached hydrogen (secondary N) is 1. The normalized spacial score (nSPS) is 23.8. The topological polar surface area (TPSA) is 49.4 Å². The lowest BCUT2D eigenvalue weighted by Crippen LogP contribution is -2.52. The second kappa shape index (κ2) is 5.93. The molecule has 1 saturated heterocycles. The molecule has 0 bridgehead atoms. The summed E-state index contributed by atoms with van der Waals surface area (Å²) in [6.07, 6.45) is 0.624. The van der Waals surface area contributed by atoms with Crippen molar-refractivity contribution in [2.24, 2.45) is 0 Å². The van der Waals surface area contributed by atoms with E-state index >= 15 is 0 Å². The minimum absolute atomic E-state index is 0.170. The van der Waals surface area contributed by atoms with Gasteiger partial charge in [-0.1, -0.05) is 17.7 Å². The fourth-order valence-electron chi connectivity index (χ4n) is 2.80. The Balaban J connectivity index is 2.14. The Hall–Kier alpha value is -1.14. The molecule has 0 radical (unpaired) electrons. The van der Waals surface area contributed by atoms with E-state index in [0.29, 0.717) is 18.1 Å². The Kier molecular flexibility index (Phi) is 4.58. The first-order chi connectivity index (χ1) is 9.76. The first kappa shape index (κ1) is 16.2. The molecule has 0 unspecified atom stereocenters. The average molecular weight is 326 g/mol. The Bertz CT molecular complexity index is 626. The van der Waals surface area contributed by atoms with E-state index in [1.54, 1.807) is 0 Å². The van der Waals surface area contributed by atoms with Gasteiger partial charge in [0.15, 0.2) is 14.9 Å². The molecule has 1 fully saturated rings. The van der Waals surface area contributed by atoms with E-state index in [-0.39, 0.29) is 11.5 Å². The number of nitrogens with zero attached hydrogens (tertiary/aromatic N) is 1. The van der Waals surface area contributed by atoms with Crippen molar-refractivity contribution in [3.63, 3.8) is 0 Å². The number of benzene rings is 1. The number of aryl methyl sites for hydroxylation is 1. The van der Waals surface area contributed by atoms with Gasteiger partial charge in [0.25, 0.3) is 0 Å². The third-order valence-electron chi connectivity index (χ3n) is 4.00. The molecule has 2 rings (SSSR count). The number of thiocarbonyl (C=S) groups is 1. The van der Waals surface area contributed by atoms with Crippen molar-refractivity contribution < 1.29 is 8.42 Å². The molecule has 1 aromatic carbocycles. The van der Waals surface area contributed by atoms with Crippen LogP contribution in [0.4, 0.5) is 5.69 Å². The van der Waals surface area contributed by atoms with Gasteiger partial charge in [0.05, 0.1) is 17.0 Å². The lowest BCUT2D eigenvalue weighted by atomic mass is 10.00. The van der Waals surface area contributed by atoms with Crippen molar-refractivity contribution in [3.05, 3.63) is 29.8 Å². The second-order valence-corrected chi connectivity index (χ2v) is 8.45. The molecule has 4 nitrogen and oxygen atoms in total. The summed E-state index contributed by atoms with van der Waals surface area (Å²) < 4.78 is 23.6. The number of anilines is 1. The van der Waals surface area contributed by atoms with E-state index in [4.69, 9.17) is 12.2 Å². The van der Waals surface area contributed by atoms with Crippen LogP contribution in [0.3, 0.4) is 0 Å². The fourth-order valence-corrected chi connectivity index (χ4v) is 5.41. The van der Waals surface area contributed by atoms with Crippen LogP contribution in [0.15, 0.2) is 24.3 Å². The van der Waals surface area contributed by atoms with Gasteiger partial charge < -0.3 is 10.2 Å². The minimum Gasteiger partial charge on any atom is -0.343 e. The summed E-state index contributed by atoms with van der Waals surface area (Å²) in [5.41, 5.74) is 1.70. The molecule has 1 aliphatic heterocycles. The average Bonchev–Trinajstić information content (AvgIpc) is 2.68. The van der Waals surface area contributed by atoms with Crippen molar-refractivity contribution in [1.82, 2.24) is 4.90 Å². The summed E-state index contributed by atoms with van der Waals surface area (Å²) >= 11 is 5.49. The molecule has 1 aromatic rings. The molecule has 21 heavy (non-hydrogen) atoms. The smallest absolute Gasteiger partial charge is 0.173 e. The second-order valence-electron chi connectivity index (χ2n) is 5.88. The summed E-state index contributed by atoms with van der Waals surface area (Å²) in [7, 11) is -2.95. The maximum absolute atomic E-state index is 11.8. The summed E-state index contributed by atoms with van der Waals surface area (Å²) in [6, 6.07) is 7.98. The van der Waals surface area contributed by atoms with Gasteiger partial charge in [-0.2, -0.15) is 0 Å². The molecule has 0 aromatic heterocycles. The number of rotatable bonds is 3. The molecule has 1 atom stereocenters. The first-order valence-corrected chi connectivity index (χ1v) is 9.34. The van der Waals surface area contributed by atoms with Crippen LogP contribution < -0.4 is 5.32 Å². The van der Waals surface area contributed by atoms with Crippen LogP contribution in [0.25, 0.3) is 0 Å². The summed E-state index contributed by atoms with van der Waals surface area (Å²) in [5.74, 6) is 0.413. The van der Waals surface area contributed by atoms with Crippen LogP contribution >= 0.6 is 12.2 Å². The third-order valence-corrected chi connectivity index (χ3v) is 6.21. The standard InChI is InChI=1S/C15H22N2O2S2/c1-4-17(15(3)9-10-21(18,19)11-15)14(20)16-13-7-5-12(2)6-8-13/h5-8H,4,9-11H2,1-3H3,(H,16,20)/t15-/m0/s1. The molecular formula is C15H22N2O2S2. The fraction of sp³-hybridized carbons (Fsp3) is 0.533. The van der Waals surface area contributed by atoms with Crippen molar-refractivity contribution in [1.29, 1.82) is 0 Å². The maximum Gasteiger partial charge on any atom is 0.173 e. The van der Waals surface area contributed by atoms with Gasteiger partial charge in [-0.25, -0.2) is 8.42 Å². The minimum atomic E-state index is -2.95. The molecule has 0 amide bonds. The SMILES string of the molecule is CCN(C(=S)Nc1ccc(C)cc1)[C@@]1(C)CCS(=O)(=O)C1. The van der Waals surface area contributed by atoms with E-state index in [0.717, 1.165) is 5.69 Å². The van der Waals surface area contributed by atoms with Gasteiger partial charge in [-0.3, -0.25) is 0 Å². The predicted molar refractivity (Wildman–Crippen MR) is 91.5 cm³/mol. The molecular weight excluding hydrogens is 304 g/mol. The van der Waals surface area contributed by atoms with Gasteiger partial charge in [0.1, 0.15) is 0 Å². The van der Waals surface area contributed by atoms with Crippen LogP contribution in [0, 0.1) is 6.92 Å². The zero-order valence-electron chi connectivity index (χ0n) is 12.7. The lowest BCUT2D eigenvalue weighted by molar-refractivity contribution is 0.234. The van der Waals surface area contributed by atoms with Gasteiger partial charge in [0, 0.05) is 12.2 Å². The Morgan fingerprint density at radius 1 is 1.38 bits per heavy atom. The molecule has 0 saturated carbocycles. The van der Waals surface area contributed by atoms with Crippen molar-refractivity contribution in [2.45, 2.75) is 32.7 Å². The zero-order chi connectivity index (χ0) is 15.7. The van der Waals surface area contributed by atoms with E-state index in [1.165, 1.54) is 5.56 Å². The highest BCUT2D eigenvalue weighted by Gasteiger charge is 2.43. The van der Waals surface area contributed by atoms with E-state index in [9.17, 15) is 8.42 Å². The molecule has 0 spiro atoms. The number of sulfone groups is 1. The van der Waals surface area contributed by atoms with E-state index in [1.807, 2.05) is 49.9 Å². The molecule has 1 heterocycles. The number of hydrogen-bond donors (Lipinski definition) is 1. The van der Waals surface area contributed by atoms with Gasteiger partial charge >= 0.3 is 0 Å². The molecule has 6 heteroatoms. The molecule has 116 valence electrons. The summed E-state index contributed by atoms with van der Waals surface area (Å²) in [6.45, 7) is 6.69. The van der Waals surface area contributed by atoms with Gasteiger partial charge in [0.2, 0.25) is 0 Å². The van der Waals surface area contributed by atoms with Crippen LogP contribution in [0.2, 0.25) is 0 Å². The van der Waals surface area contributed by atoms with Crippen molar-refractivity contribution >= 4 is 32.9 Å². The van der Waals surface area contributed by atoms with E-state index < -0.39 is 15.4 Å². The monoisotopic (exact) mass is 326 g/mol. The van der Waals surface area contributed by atoms with Crippen LogP contribution in [0.5, 0.6) is 0 Å².